The van der Waals surface area contributed by atoms with Gasteiger partial charge in [0, 0.05) is 0 Å². The second-order valence-electron chi connectivity index (χ2n) is 3.57. The van der Waals surface area contributed by atoms with Crippen molar-refractivity contribution < 1.29 is 0 Å². The molecule has 1 fully saturated rings. The summed E-state index contributed by atoms with van der Waals surface area (Å²) in [5, 5.41) is 0. The summed E-state index contributed by atoms with van der Waals surface area (Å²) in [6, 6.07) is 0. The summed E-state index contributed by atoms with van der Waals surface area (Å²) in [6.45, 7) is 8.73. The van der Waals surface area contributed by atoms with Crippen molar-refractivity contribution in [2.45, 2.75) is 39.5 Å². The lowest BCUT2D eigenvalue weighted by molar-refractivity contribution is 0.428. The molecule has 0 amide bonds. The van der Waals surface area contributed by atoms with Gasteiger partial charge in [0.2, 0.25) is 0 Å². The largest absolute Gasteiger partial charge is 0.0996 e. The number of rotatable bonds is 2. The molecule has 58 valence electrons. The van der Waals surface area contributed by atoms with Gasteiger partial charge in [-0.15, -0.1) is 0 Å². The van der Waals surface area contributed by atoms with Gasteiger partial charge in [-0.1, -0.05) is 32.4 Å². The monoisotopic (exact) mass is 138 g/mol. The van der Waals surface area contributed by atoms with E-state index in [1.807, 2.05) is 0 Å². The molecule has 0 radical (unpaired) electrons. The van der Waals surface area contributed by atoms with Crippen LogP contribution in [-0.4, -0.2) is 0 Å². The third kappa shape index (κ3) is 1.42. The van der Waals surface area contributed by atoms with Gasteiger partial charge in [-0.25, -0.2) is 0 Å². The smallest absolute Gasteiger partial charge is 0.0180 e. The second kappa shape index (κ2) is 3.23. The van der Waals surface area contributed by atoms with Crippen molar-refractivity contribution in [2.24, 2.45) is 11.8 Å². The molecule has 0 N–H and O–H groups in total. The molecule has 1 aliphatic rings. The third-order valence-electron chi connectivity index (χ3n) is 2.73. The molecule has 0 aliphatic heterocycles. The van der Waals surface area contributed by atoms with Gasteiger partial charge in [0.15, 0.2) is 0 Å². The Kier molecular flexibility index (Phi) is 2.53. The van der Waals surface area contributed by atoms with E-state index >= 15 is 0 Å². The quantitative estimate of drug-likeness (QED) is 0.513. The van der Waals surface area contributed by atoms with E-state index in [2.05, 4.69) is 20.4 Å². The minimum Gasteiger partial charge on any atom is -0.0996 e. The first-order valence-electron chi connectivity index (χ1n) is 4.43. The summed E-state index contributed by atoms with van der Waals surface area (Å²) < 4.78 is 0. The van der Waals surface area contributed by atoms with E-state index in [1.165, 1.54) is 31.3 Å². The minimum atomic E-state index is 0.852. The highest BCUT2D eigenvalue weighted by Gasteiger charge is 2.25. The van der Waals surface area contributed by atoms with Gasteiger partial charge in [0.05, 0.1) is 0 Å². The number of hydrogen-bond acceptors (Lipinski definition) is 0. The van der Waals surface area contributed by atoms with Crippen molar-refractivity contribution in [1.82, 2.24) is 0 Å². The van der Waals surface area contributed by atoms with Crippen molar-refractivity contribution in [3.63, 3.8) is 0 Å². The van der Waals surface area contributed by atoms with Crippen molar-refractivity contribution in [3.8, 4) is 0 Å². The maximum atomic E-state index is 4.10. The van der Waals surface area contributed by atoms with Crippen molar-refractivity contribution >= 4 is 0 Å². The molecule has 1 saturated carbocycles. The average molecular weight is 138 g/mol. The molecule has 0 aromatic carbocycles. The highest BCUT2D eigenvalue weighted by Crippen LogP contribution is 2.37. The van der Waals surface area contributed by atoms with Crippen LogP contribution in [-0.2, 0) is 0 Å². The molecule has 10 heavy (non-hydrogen) atoms. The number of allylic oxidation sites excluding steroid dienone is 1. The second-order valence-corrected chi connectivity index (χ2v) is 3.57. The molecule has 0 nitrogen and oxygen atoms in total. The van der Waals surface area contributed by atoms with Crippen LogP contribution in [0.3, 0.4) is 0 Å². The zero-order valence-corrected chi connectivity index (χ0v) is 7.19. The van der Waals surface area contributed by atoms with Gasteiger partial charge in [0.25, 0.3) is 0 Å². The van der Waals surface area contributed by atoms with Crippen LogP contribution in [0.2, 0.25) is 0 Å². The van der Waals surface area contributed by atoms with Crippen LogP contribution in [0.4, 0.5) is 0 Å². The molecule has 0 bridgehead atoms. The van der Waals surface area contributed by atoms with Gasteiger partial charge in [-0.3, -0.25) is 0 Å². The highest BCUT2D eigenvalue weighted by atomic mass is 14.3. The molecule has 1 aliphatic carbocycles. The maximum absolute atomic E-state index is 4.10. The van der Waals surface area contributed by atoms with Gasteiger partial charge < -0.3 is 0 Å². The lowest BCUT2D eigenvalue weighted by atomic mass is 9.91. The average Bonchev–Trinajstić information content (AvgIpc) is 2.20. The molecule has 0 aromatic heterocycles. The van der Waals surface area contributed by atoms with Crippen LogP contribution in [0.5, 0.6) is 0 Å². The van der Waals surface area contributed by atoms with E-state index in [4.69, 9.17) is 0 Å². The Morgan fingerprint density at radius 3 is 2.70 bits per heavy atom. The summed E-state index contributed by atoms with van der Waals surface area (Å²) in [5.74, 6) is 1.76. The molecular formula is C10H18. The van der Waals surface area contributed by atoms with Gasteiger partial charge in [-0.2, -0.15) is 0 Å². The SMILES string of the molecule is C=C1CCC(C)C1CCC. The molecule has 0 aromatic rings. The molecule has 1 rings (SSSR count). The van der Waals surface area contributed by atoms with E-state index in [0.717, 1.165) is 11.8 Å². The van der Waals surface area contributed by atoms with Crippen molar-refractivity contribution in [2.75, 3.05) is 0 Å². The van der Waals surface area contributed by atoms with Crippen molar-refractivity contribution in [3.05, 3.63) is 12.2 Å². The first-order chi connectivity index (χ1) is 4.75. The third-order valence-corrected chi connectivity index (χ3v) is 2.73. The van der Waals surface area contributed by atoms with Crippen LogP contribution in [0.15, 0.2) is 12.2 Å². The van der Waals surface area contributed by atoms with E-state index in [-0.39, 0.29) is 0 Å². The fourth-order valence-corrected chi connectivity index (χ4v) is 2.00. The first-order valence-corrected chi connectivity index (χ1v) is 4.43. The minimum absolute atomic E-state index is 0.852. The summed E-state index contributed by atoms with van der Waals surface area (Å²) in [4.78, 5) is 0. The van der Waals surface area contributed by atoms with Gasteiger partial charge in [-0.05, 0) is 31.1 Å². The van der Waals surface area contributed by atoms with E-state index < -0.39 is 0 Å². The van der Waals surface area contributed by atoms with Crippen LogP contribution in [0, 0.1) is 11.8 Å². The van der Waals surface area contributed by atoms with E-state index in [0.29, 0.717) is 0 Å². The van der Waals surface area contributed by atoms with Crippen LogP contribution in [0.1, 0.15) is 39.5 Å². The summed E-state index contributed by atoms with van der Waals surface area (Å²) in [6.07, 6.45) is 5.34. The Bertz CT molecular complexity index is 124. The topological polar surface area (TPSA) is 0 Å². The first kappa shape index (κ1) is 7.84. The normalized spacial score (nSPS) is 33.2. The van der Waals surface area contributed by atoms with Gasteiger partial charge in [0.1, 0.15) is 0 Å². The summed E-state index contributed by atoms with van der Waals surface area (Å²) in [7, 11) is 0. The van der Waals surface area contributed by atoms with Gasteiger partial charge >= 0.3 is 0 Å². The highest BCUT2D eigenvalue weighted by molar-refractivity contribution is 5.07. The van der Waals surface area contributed by atoms with Crippen molar-refractivity contribution in [1.29, 1.82) is 0 Å². The van der Waals surface area contributed by atoms with Crippen LogP contribution >= 0.6 is 0 Å². The molecule has 0 heterocycles. The molecule has 2 atom stereocenters. The Hall–Kier alpha value is -0.260. The molecule has 0 heteroatoms. The molecule has 2 unspecified atom stereocenters. The predicted octanol–water partition coefficient (Wildman–Crippen LogP) is 3.39. The number of hydrogen-bond donors (Lipinski definition) is 0. The summed E-state index contributed by atoms with van der Waals surface area (Å²) >= 11 is 0. The Labute approximate surface area is 64.3 Å². The Morgan fingerprint density at radius 1 is 1.60 bits per heavy atom. The fourth-order valence-electron chi connectivity index (χ4n) is 2.00. The van der Waals surface area contributed by atoms with Crippen LogP contribution < -0.4 is 0 Å². The fraction of sp³-hybridized carbons (Fsp3) is 0.800. The summed E-state index contributed by atoms with van der Waals surface area (Å²) in [5.41, 5.74) is 1.51. The van der Waals surface area contributed by atoms with E-state index in [9.17, 15) is 0 Å². The standard InChI is InChI=1S/C10H18/c1-4-5-10-8(2)6-7-9(10)3/h9-10H,2,4-7H2,1,3H3. The lowest BCUT2D eigenvalue weighted by Gasteiger charge is -2.14. The molecule has 0 spiro atoms. The predicted molar refractivity (Wildman–Crippen MR) is 45.9 cm³/mol. The van der Waals surface area contributed by atoms with Crippen LogP contribution in [0.25, 0.3) is 0 Å². The maximum Gasteiger partial charge on any atom is -0.0180 e. The molecule has 0 saturated heterocycles. The lowest BCUT2D eigenvalue weighted by Crippen LogP contribution is -2.04. The Morgan fingerprint density at radius 2 is 2.30 bits per heavy atom. The zero-order chi connectivity index (χ0) is 7.56. The Balaban J connectivity index is 2.46. The molecular weight excluding hydrogens is 120 g/mol. The zero-order valence-electron chi connectivity index (χ0n) is 7.19. The van der Waals surface area contributed by atoms with E-state index in [1.54, 1.807) is 0 Å².